The molecule has 1 aliphatic heterocycles. The van der Waals surface area contributed by atoms with E-state index in [2.05, 4.69) is 0 Å². The van der Waals surface area contributed by atoms with Crippen LogP contribution in [-0.2, 0) is 6.42 Å². The first-order chi connectivity index (χ1) is 10.1. The van der Waals surface area contributed by atoms with Crippen LogP contribution in [-0.4, -0.2) is 23.5 Å². The number of rotatable bonds is 3. The van der Waals surface area contributed by atoms with Crippen LogP contribution in [0.5, 0.6) is 11.5 Å². The highest BCUT2D eigenvalue weighted by Gasteiger charge is 2.23. The molecule has 4 heteroatoms. The van der Waals surface area contributed by atoms with E-state index < -0.39 is 0 Å². The van der Waals surface area contributed by atoms with Crippen molar-refractivity contribution in [3.05, 3.63) is 47.5 Å². The third-order valence-corrected chi connectivity index (χ3v) is 3.79. The van der Waals surface area contributed by atoms with Crippen LogP contribution in [0, 0.1) is 0 Å². The molecule has 108 valence electrons. The van der Waals surface area contributed by atoms with Crippen LogP contribution in [0.3, 0.4) is 0 Å². The minimum atomic E-state index is -0.0188. The van der Waals surface area contributed by atoms with E-state index in [4.69, 9.17) is 10.5 Å². The SMILES string of the molecule is CC(=O)c1ccc(-c2cc3c(cc2O)CC(CN)O3)cc1. The molecule has 4 nitrogen and oxygen atoms in total. The molecule has 1 unspecified atom stereocenters. The van der Waals surface area contributed by atoms with Crippen molar-refractivity contribution < 1.29 is 14.6 Å². The van der Waals surface area contributed by atoms with Gasteiger partial charge in [0.25, 0.3) is 0 Å². The van der Waals surface area contributed by atoms with Crippen LogP contribution in [0.25, 0.3) is 11.1 Å². The largest absolute Gasteiger partial charge is 0.507 e. The van der Waals surface area contributed by atoms with E-state index in [9.17, 15) is 9.90 Å². The summed E-state index contributed by atoms with van der Waals surface area (Å²) >= 11 is 0. The quantitative estimate of drug-likeness (QED) is 0.849. The maximum atomic E-state index is 11.3. The lowest BCUT2D eigenvalue weighted by Crippen LogP contribution is -2.24. The molecule has 3 N–H and O–H groups in total. The Morgan fingerprint density at radius 3 is 2.67 bits per heavy atom. The number of ether oxygens (including phenoxy) is 1. The van der Waals surface area contributed by atoms with Gasteiger partial charge in [0.2, 0.25) is 0 Å². The molecule has 1 heterocycles. The molecule has 0 aliphatic carbocycles. The number of carbonyl (C=O) groups excluding carboxylic acids is 1. The molecular weight excluding hydrogens is 266 g/mol. The van der Waals surface area contributed by atoms with Gasteiger partial charge in [-0.15, -0.1) is 0 Å². The van der Waals surface area contributed by atoms with Crippen molar-refractivity contribution in [3.63, 3.8) is 0 Å². The molecule has 0 saturated carbocycles. The monoisotopic (exact) mass is 283 g/mol. The molecule has 0 aromatic heterocycles. The van der Waals surface area contributed by atoms with Crippen LogP contribution in [0.4, 0.5) is 0 Å². The normalized spacial score (nSPS) is 16.4. The Balaban J connectivity index is 1.98. The Kier molecular flexibility index (Phi) is 3.39. The molecule has 0 radical (unpaired) electrons. The lowest BCUT2D eigenvalue weighted by atomic mass is 9.99. The Labute approximate surface area is 123 Å². The van der Waals surface area contributed by atoms with Crippen LogP contribution in [0.2, 0.25) is 0 Å². The molecule has 21 heavy (non-hydrogen) atoms. The van der Waals surface area contributed by atoms with Crippen LogP contribution < -0.4 is 10.5 Å². The van der Waals surface area contributed by atoms with E-state index in [1.54, 1.807) is 18.2 Å². The Morgan fingerprint density at radius 2 is 2.05 bits per heavy atom. The molecule has 0 amide bonds. The van der Waals surface area contributed by atoms with Gasteiger partial charge in [-0.3, -0.25) is 4.79 Å². The summed E-state index contributed by atoms with van der Waals surface area (Å²) in [5.74, 6) is 1.01. The second kappa shape index (κ2) is 5.22. The summed E-state index contributed by atoms with van der Waals surface area (Å²) in [5, 5.41) is 10.2. The Bertz CT molecular complexity index is 692. The molecule has 3 rings (SSSR count). The Hall–Kier alpha value is -2.33. The second-order valence-electron chi connectivity index (χ2n) is 5.29. The highest BCUT2D eigenvalue weighted by molar-refractivity contribution is 5.94. The molecule has 0 saturated heterocycles. The standard InChI is InChI=1S/C17H17NO3/c1-10(19)11-2-4-12(5-3-11)15-8-17-13(7-16(15)20)6-14(9-18)21-17/h2-5,7-8,14,20H,6,9,18H2,1H3. The molecular formula is C17H17NO3. The van der Waals surface area contributed by atoms with Gasteiger partial charge in [-0.1, -0.05) is 24.3 Å². The number of ketones is 1. The summed E-state index contributed by atoms with van der Waals surface area (Å²) in [5.41, 5.74) is 8.80. The molecule has 0 spiro atoms. The lowest BCUT2D eigenvalue weighted by molar-refractivity contribution is 0.101. The summed E-state index contributed by atoms with van der Waals surface area (Å²) in [6.45, 7) is 1.99. The average Bonchev–Trinajstić information content (AvgIpc) is 2.88. The number of phenols is 1. The van der Waals surface area contributed by atoms with E-state index >= 15 is 0 Å². The van der Waals surface area contributed by atoms with Gasteiger partial charge in [0.1, 0.15) is 17.6 Å². The summed E-state index contributed by atoms with van der Waals surface area (Å²) in [4.78, 5) is 11.3. The third-order valence-electron chi connectivity index (χ3n) is 3.79. The van der Waals surface area contributed by atoms with Gasteiger partial charge >= 0.3 is 0 Å². The van der Waals surface area contributed by atoms with Crippen molar-refractivity contribution in [3.8, 4) is 22.6 Å². The van der Waals surface area contributed by atoms with Crippen molar-refractivity contribution in [1.29, 1.82) is 0 Å². The van der Waals surface area contributed by atoms with Gasteiger partial charge in [-0.05, 0) is 24.6 Å². The van der Waals surface area contributed by atoms with Crippen molar-refractivity contribution >= 4 is 5.78 Å². The van der Waals surface area contributed by atoms with Gasteiger partial charge in [-0.2, -0.15) is 0 Å². The first kappa shape index (κ1) is 13.6. The third kappa shape index (κ3) is 2.50. The van der Waals surface area contributed by atoms with Crippen molar-refractivity contribution in [2.45, 2.75) is 19.4 Å². The van der Waals surface area contributed by atoms with Crippen LogP contribution in [0.15, 0.2) is 36.4 Å². The summed E-state index contributed by atoms with van der Waals surface area (Å²) in [7, 11) is 0. The number of hydrogen-bond donors (Lipinski definition) is 2. The molecule has 1 aliphatic rings. The van der Waals surface area contributed by atoms with Gasteiger partial charge < -0.3 is 15.6 Å². The van der Waals surface area contributed by atoms with Gasteiger partial charge in [0, 0.05) is 29.7 Å². The molecule has 2 aromatic carbocycles. The number of Topliss-reactive ketones (excluding diaryl/α,β-unsaturated/α-hetero) is 1. The van der Waals surface area contributed by atoms with Gasteiger partial charge in [-0.25, -0.2) is 0 Å². The van der Waals surface area contributed by atoms with Crippen molar-refractivity contribution in [1.82, 2.24) is 0 Å². The number of hydrogen-bond acceptors (Lipinski definition) is 4. The molecule has 0 bridgehead atoms. The summed E-state index contributed by atoms with van der Waals surface area (Å²) < 4.78 is 5.74. The average molecular weight is 283 g/mol. The zero-order valence-corrected chi connectivity index (χ0v) is 11.8. The highest BCUT2D eigenvalue weighted by atomic mass is 16.5. The minimum Gasteiger partial charge on any atom is -0.507 e. The van der Waals surface area contributed by atoms with Crippen molar-refractivity contribution in [2.75, 3.05) is 6.54 Å². The van der Waals surface area contributed by atoms with Crippen molar-refractivity contribution in [2.24, 2.45) is 5.73 Å². The maximum Gasteiger partial charge on any atom is 0.159 e. The smallest absolute Gasteiger partial charge is 0.159 e. The molecule has 0 fully saturated rings. The fourth-order valence-electron chi connectivity index (χ4n) is 2.59. The van der Waals surface area contributed by atoms with Gasteiger partial charge in [0.05, 0.1) is 0 Å². The number of nitrogens with two attached hydrogens (primary N) is 1. The maximum absolute atomic E-state index is 11.3. The highest BCUT2D eigenvalue weighted by Crippen LogP contribution is 2.39. The minimum absolute atomic E-state index is 0.0188. The van der Waals surface area contributed by atoms with Crippen LogP contribution >= 0.6 is 0 Å². The zero-order chi connectivity index (χ0) is 15.0. The van der Waals surface area contributed by atoms with Crippen LogP contribution in [0.1, 0.15) is 22.8 Å². The van der Waals surface area contributed by atoms with E-state index in [0.717, 1.165) is 23.3 Å². The van der Waals surface area contributed by atoms with E-state index in [1.807, 2.05) is 18.2 Å². The summed E-state index contributed by atoms with van der Waals surface area (Å²) in [6.07, 6.45) is 0.706. The molecule has 2 aromatic rings. The number of benzene rings is 2. The first-order valence-corrected chi connectivity index (χ1v) is 6.92. The fourth-order valence-corrected chi connectivity index (χ4v) is 2.59. The second-order valence-corrected chi connectivity index (χ2v) is 5.29. The van der Waals surface area contributed by atoms with E-state index in [-0.39, 0.29) is 17.6 Å². The number of aromatic hydroxyl groups is 1. The van der Waals surface area contributed by atoms with E-state index in [0.29, 0.717) is 17.7 Å². The zero-order valence-electron chi connectivity index (χ0n) is 11.8. The number of phenolic OH excluding ortho intramolecular Hbond substituents is 1. The first-order valence-electron chi connectivity index (χ1n) is 6.92. The van der Waals surface area contributed by atoms with E-state index in [1.165, 1.54) is 6.92 Å². The lowest BCUT2D eigenvalue weighted by Gasteiger charge is -2.09. The fraction of sp³-hybridized carbons (Fsp3) is 0.235. The predicted octanol–water partition coefficient (Wildman–Crippen LogP) is 2.52. The molecule has 1 atom stereocenters. The Morgan fingerprint density at radius 1 is 1.33 bits per heavy atom. The topological polar surface area (TPSA) is 72.5 Å². The predicted molar refractivity (Wildman–Crippen MR) is 80.7 cm³/mol. The summed E-state index contributed by atoms with van der Waals surface area (Å²) in [6, 6.07) is 10.7. The van der Waals surface area contributed by atoms with Gasteiger partial charge in [0.15, 0.2) is 5.78 Å². The number of carbonyl (C=O) groups is 1. The number of fused-ring (bicyclic) bond motifs is 1.